The van der Waals surface area contributed by atoms with Gasteiger partial charge in [0.05, 0.1) is 5.69 Å². The van der Waals surface area contributed by atoms with E-state index in [1.165, 1.54) is 11.3 Å². The number of aromatic nitrogens is 1. The number of hydrogen-bond acceptors (Lipinski definition) is 5. The summed E-state index contributed by atoms with van der Waals surface area (Å²) in [5, 5.41) is 5.94. The Bertz CT molecular complexity index is 386. The Labute approximate surface area is 125 Å². The van der Waals surface area contributed by atoms with Crippen LogP contribution in [0.1, 0.15) is 19.5 Å². The summed E-state index contributed by atoms with van der Waals surface area (Å²) in [7, 11) is 4.01. The van der Waals surface area contributed by atoms with E-state index >= 15 is 0 Å². The summed E-state index contributed by atoms with van der Waals surface area (Å²) in [5.41, 5.74) is 1.02. The van der Waals surface area contributed by atoms with E-state index in [0.717, 1.165) is 30.5 Å². The molecular formula is C12H23ClN4OS. The summed E-state index contributed by atoms with van der Waals surface area (Å²) in [5.74, 6) is 0.0435. The number of amides is 1. The molecule has 0 spiro atoms. The number of carbonyl (C=O) groups excluding carboxylic acids is 1. The normalized spacial score (nSPS) is 10.4. The Balaban J connectivity index is 0.00000324. The van der Waals surface area contributed by atoms with Crippen LogP contribution >= 0.6 is 23.7 Å². The van der Waals surface area contributed by atoms with Crippen LogP contribution in [-0.2, 0) is 11.3 Å². The van der Waals surface area contributed by atoms with Crippen molar-refractivity contribution in [1.82, 2.24) is 15.2 Å². The number of rotatable bonds is 7. The standard InChI is InChI=1S/C12H22N4OS.ClH/c1-5-16(10(2)17)12-14-11(9-18-12)8-15(4)7-6-13-3;/h9,13H,5-8H2,1-4H3;1H. The van der Waals surface area contributed by atoms with Crippen molar-refractivity contribution >= 4 is 34.8 Å². The van der Waals surface area contributed by atoms with Gasteiger partial charge in [-0.2, -0.15) is 0 Å². The predicted molar refractivity (Wildman–Crippen MR) is 83.3 cm³/mol. The van der Waals surface area contributed by atoms with Gasteiger partial charge in [-0.15, -0.1) is 23.7 Å². The van der Waals surface area contributed by atoms with E-state index in [-0.39, 0.29) is 18.3 Å². The third-order valence-electron chi connectivity index (χ3n) is 2.64. The van der Waals surface area contributed by atoms with Crippen molar-refractivity contribution in [2.24, 2.45) is 0 Å². The second-order valence-corrected chi connectivity index (χ2v) is 5.06. The number of carbonyl (C=O) groups is 1. The smallest absolute Gasteiger partial charge is 0.225 e. The maximum absolute atomic E-state index is 11.4. The Morgan fingerprint density at radius 1 is 1.53 bits per heavy atom. The minimum atomic E-state index is 0. The number of nitrogens with one attached hydrogen (secondary N) is 1. The summed E-state index contributed by atoms with van der Waals surface area (Å²) in [6, 6.07) is 0. The monoisotopic (exact) mass is 306 g/mol. The van der Waals surface area contributed by atoms with Gasteiger partial charge in [0.2, 0.25) is 5.91 Å². The van der Waals surface area contributed by atoms with E-state index in [2.05, 4.69) is 22.2 Å². The van der Waals surface area contributed by atoms with Crippen LogP contribution < -0.4 is 10.2 Å². The van der Waals surface area contributed by atoms with Crippen LogP contribution in [0.15, 0.2) is 5.38 Å². The third kappa shape index (κ3) is 5.86. The number of hydrogen-bond donors (Lipinski definition) is 1. The number of halogens is 1. The first-order valence-corrected chi connectivity index (χ1v) is 7.02. The van der Waals surface area contributed by atoms with Crippen molar-refractivity contribution < 1.29 is 4.79 Å². The fourth-order valence-electron chi connectivity index (χ4n) is 1.64. The van der Waals surface area contributed by atoms with E-state index in [0.29, 0.717) is 6.54 Å². The van der Waals surface area contributed by atoms with Gasteiger partial charge in [-0.05, 0) is 21.0 Å². The fraction of sp³-hybridized carbons (Fsp3) is 0.667. The molecule has 5 nitrogen and oxygen atoms in total. The maximum Gasteiger partial charge on any atom is 0.225 e. The van der Waals surface area contributed by atoms with Gasteiger partial charge in [-0.25, -0.2) is 4.98 Å². The van der Waals surface area contributed by atoms with Crippen LogP contribution in [0.4, 0.5) is 5.13 Å². The first-order valence-electron chi connectivity index (χ1n) is 6.14. The second kappa shape index (κ2) is 9.25. The van der Waals surface area contributed by atoms with E-state index in [9.17, 15) is 4.79 Å². The molecule has 0 saturated carbocycles. The van der Waals surface area contributed by atoms with Crippen molar-refractivity contribution in [3.63, 3.8) is 0 Å². The lowest BCUT2D eigenvalue weighted by molar-refractivity contribution is -0.116. The molecule has 0 radical (unpaired) electrons. The topological polar surface area (TPSA) is 48.5 Å². The molecule has 0 aliphatic carbocycles. The highest BCUT2D eigenvalue weighted by molar-refractivity contribution is 7.14. The number of likely N-dealkylation sites (N-methyl/N-ethyl adjacent to an activating group) is 2. The molecule has 0 saturated heterocycles. The molecule has 0 atom stereocenters. The summed E-state index contributed by atoms with van der Waals surface area (Å²) in [6.07, 6.45) is 0. The van der Waals surface area contributed by atoms with Gasteiger partial charge in [0.1, 0.15) is 0 Å². The van der Waals surface area contributed by atoms with E-state index in [1.54, 1.807) is 11.8 Å². The van der Waals surface area contributed by atoms with Crippen LogP contribution in [0.3, 0.4) is 0 Å². The predicted octanol–water partition coefficient (Wildman–Crippen LogP) is 1.59. The highest BCUT2D eigenvalue weighted by Gasteiger charge is 2.13. The van der Waals surface area contributed by atoms with Crippen molar-refractivity contribution in [1.29, 1.82) is 0 Å². The average Bonchev–Trinajstić information content (AvgIpc) is 2.75. The van der Waals surface area contributed by atoms with Crippen LogP contribution in [0.25, 0.3) is 0 Å². The van der Waals surface area contributed by atoms with Crippen molar-refractivity contribution in [3.8, 4) is 0 Å². The molecule has 1 N–H and O–H groups in total. The van der Waals surface area contributed by atoms with Gasteiger partial charge in [0, 0.05) is 38.5 Å². The van der Waals surface area contributed by atoms with E-state index in [4.69, 9.17) is 0 Å². The van der Waals surface area contributed by atoms with Crippen LogP contribution in [0, 0.1) is 0 Å². The molecule has 1 amide bonds. The third-order valence-corrected chi connectivity index (χ3v) is 3.55. The van der Waals surface area contributed by atoms with Crippen LogP contribution in [-0.4, -0.2) is 49.5 Å². The fourth-order valence-corrected chi connectivity index (χ4v) is 2.57. The van der Waals surface area contributed by atoms with Gasteiger partial charge in [-0.3, -0.25) is 14.6 Å². The number of anilines is 1. The van der Waals surface area contributed by atoms with Crippen LogP contribution in [0.5, 0.6) is 0 Å². The molecule has 7 heteroatoms. The molecule has 1 rings (SSSR count). The Morgan fingerprint density at radius 2 is 2.21 bits per heavy atom. The molecule has 0 fully saturated rings. The SMILES string of the molecule is CCN(C(C)=O)c1nc(CN(C)CCNC)cs1.Cl. The molecule has 19 heavy (non-hydrogen) atoms. The number of nitrogens with zero attached hydrogens (tertiary/aromatic N) is 3. The molecule has 0 aliphatic rings. The minimum absolute atomic E-state index is 0. The van der Waals surface area contributed by atoms with Crippen LogP contribution in [0.2, 0.25) is 0 Å². The molecule has 1 heterocycles. The lowest BCUT2D eigenvalue weighted by Crippen LogP contribution is -2.28. The Hall–Kier alpha value is -0.690. The molecule has 0 bridgehead atoms. The molecule has 0 aliphatic heterocycles. The van der Waals surface area contributed by atoms with Gasteiger partial charge in [-0.1, -0.05) is 0 Å². The van der Waals surface area contributed by atoms with Gasteiger partial charge >= 0.3 is 0 Å². The van der Waals surface area contributed by atoms with E-state index in [1.807, 2.05) is 19.4 Å². The summed E-state index contributed by atoms with van der Waals surface area (Å²) < 4.78 is 0. The van der Waals surface area contributed by atoms with Gasteiger partial charge < -0.3 is 5.32 Å². The zero-order chi connectivity index (χ0) is 13.5. The lowest BCUT2D eigenvalue weighted by Gasteiger charge is -2.16. The van der Waals surface area contributed by atoms with E-state index < -0.39 is 0 Å². The quantitative estimate of drug-likeness (QED) is 0.831. The summed E-state index contributed by atoms with van der Waals surface area (Å²) in [4.78, 5) is 19.8. The number of thiazole rings is 1. The zero-order valence-electron chi connectivity index (χ0n) is 12.0. The van der Waals surface area contributed by atoms with Crippen molar-refractivity contribution in [2.75, 3.05) is 38.6 Å². The molecule has 0 aromatic carbocycles. The highest BCUT2D eigenvalue weighted by atomic mass is 35.5. The molecule has 1 aromatic heterocycles. The summed E-state index contributed by atoms with van der Waals surface area (Å²) >= 11 is 1.53. The maximum atomic E-state index is 11.4. The van der Waals surface area contributed by atoms with Crippen molar-refractivity contribution in [2.45, 2.75) is 20.4 Å². The first-order chi connectivity index (χ1) is 8.58. The highest BCUT2D eigenvalue weighted by Crippen LogP contribution is 2.21. The van der Waals surface area contributed by atoms with Crippen molar-refractivity contribution in [3.05, 3.63) is 11.1 Å². The lowest BCUT2D eigenvalue weighted by atomic mass is 10.4. The summed E-state index contributed by atoms with van der Waals surface area (Å²) in [6.45, 7) is 6.95. The molecular weight excluding hydrogens is 284 g/mol. The second-order valence-electron chi connectivity index (χ2n) is 4.23. The molecule has 110 valence electrons. The molecule has 1 aromatic rings. The van der Waals surface area contributed by atoms with Gasteiger partial charge in [0.15, 0.2) is 5.13 Å². The van der Waals surface area contributed by atoms with Gasteiger partial charge in [0.25, 0.3) is 0 Å². The first kappa shape index (κ1) is 18.3. The average molecular weight is 307 g/mol. The molecule has 0 unspecified atom stereocenters. The largest absolute Gasteiger partial charge is 0.318 e. The Morgan fingerprint density at radius 3 is 2.74 bits per heavy atom. The Kier molecular flexibility index (Phi) is 8.92. The zero-order valence-corrected chi connectivity index (χ0v) is 13.6. The minimum Gasteiger partial charge on any atom is -0.318 e.